The molecule has 0 bridgehead atoms. The van der Waals surface area contributed by atoms with Crippen LogP contribution in [0.2, 0.25) is 0 Å². The van der Waals surface area contributed by atoms with Crippen molar-refractivity contribution >= 4 is 21.5 Å². The average molecular weight is 455 g/mol. The Bertz CT molecular complexity index is 1710. The lowest BCUT2D eigenvalue weighted by Gasteiger charge is -2.07. The molecule has 0 radical (unpaired) electrons. The fourth-order valence-electron chi connectivity index (χ4n) is 4.60. The first-order valence-corrected chi connectivity index (χ1v) is 12.0. The molecule has 36 heavy (non-hydrogen) atoms. The first-order chi connectivity index (χ1) is 17.8. The summed E-state index contributed by atoms with van der Waals surface area (Å²) in [7, 11) is 0. The van der Waals surface area contributed by atoms with E-state index in [1.807, 2.05) is 12.1 Å². The molecule has 0 N–H and O–H groups in total. The van der Waals surface area contributed by atoms with Gasteiger partial charge in [-0.25, -0.2) is 0 Å². The van der Waals surface area contributed by atoms with Gasteiger partial charge < -0.3 is 0 Å². The molecule has 0 aliphatic rings. The fourth-order valence-corrected chi connectivity index (χ4v) is 4.60. The number of fused-ring (bicyclic) bond motifs is 2. The summed E-state index contributed by atoms with van der Waals surface area (Å²) in [4.78, 5) is 0. The van der Waals surface area contributed by atoms with Crippen molar-refractivity contribution in [3.8, 4) is 45.9 Å². The highest BCUT2D eigenvalue weighted by molar-refractivity contribution is 5.89. The van der Waals surface area contributed by atoms with Crippen molar-refractivity contribution in [2.75, 3.05) is 0 Å². The standard InChI is InChI=1S/C36H22/c1-5-17-31-25-33(23-21-27(31)11-1)35-19-9-7-15-29(35)13-3-4-14-30-16-8-10-20-36(30)34-24-22-28-12-2-6-18-32(28)26-34/h1-2,5-12,15-26H. The summed E-state index contributed by atoms with van der Waals surface area (Å²) < 4.78 is 0. The van der Waals surface area contributed by atoms with E-state index in [0.29, 0.717) is 0 Å². The van der Waals surface area contributed by atoms with Crippen molar-refractivity contribution in [2.24, 2.45) is 0 Å². The van der Waals surface area contributed by atoms with E-state index in [9.17, 15) is 0 Å². The molecule has 0 spiro atoms. The minimum absolute atomic E-state index is 0.977. The first kappa shape index (κ1) is 21.5. The van der Waals surface area contributed by atoms with Crippen LogP contribution in [0.15, 0.2) is 133 Å². The van der Waals surface area contributed by atoms with Gasteiger partial charge in [0.05, 0.1) is 0 Å². The van der Waals surface area contributed by atoms with E-state index < -0.39 is 0 Å². The smallest absolute Gasteiger partial charge is 0.0334 e. The molecule has 0 heteroatoms. The Balaban J connectivity index is 1.33. The number of hydrogen-bond acceptors (Lipinski definition) is 0. The third kappa shape index (κ3) is 4.37. The second kappa shape index (κ2) is 9.68. The summed E-state index contributed by atoms with van der Waals surface area (Å²) in [6.07, 6.45) is 0. The third-order valence-electron chi connectivity index (χ3n) is 6.43. The zero-order valence-electron chi connectivity index (χ0n) is 19.7. The van der Waals surface area contributed by atoms with E-state index in [4.69, 9.17) is 0 Å². The maximum absolute atomic E-state index is 3.29. The number of hydrogen-bond donors (Lipinski definition) is 0. The van der Waals surface area contributed by atoms with Gasteiger partial charge in [-0.3, -0.25) is 0 Å². The van der Waals surface area contributed by atoms with Gasteiger partial charge in [0.25, 0.3) is 0 Å². The molecular weight excluding hydrogens is 432 g/mol. The Kier molecular flexibility index (Phi) is 5.78. The van der Waals surface area contributed by atoms with E-state index in [1.165, 1.54) is 21.5 Å². The van der Waals surface area contributed by atoms with E-state index >= 15 is 0 Å². The molecule has 0 saturated heterocycles. The molecular formula is C36H22. The molecule has 0 aromatic heterocycles. The van der Waals surface area contributed by atoms with Crippen molar-refractivity contribution in [1.29, 1.82) is 0 Å². The van der Waals surface area contributed by atoms with Crippen LogP contribution in [0.5, 0.6) is 0 Å². The maximum Gasteiger partial charge on any atom is 0.0334 e. The van der Waals surface area contributed by atoms with Crippen LogP contribution in [0.25, 0.3) is 43.8 Å². The minimum Gasteiger partial charge on any atom is -0.0616 e. The van der Waals surface area contributed by atoms with Gasteiger partial charge in [-0.15, -0.1) is 0 Å². The van der Waals surface area contributed by atoms with Crippen LogP contribution in [-0.2, 0) is 0 Å². The highest BCUT2D eigenvalue weighted by Crippen LogP contribution is 2.28. The minimum atomic E-state index is 0.977. The summed E-state index contributed by atoms with van der Waals surface area (Å²) in [5, 5.41) is 4.92. The van der Waals surface area contributed by atoms with Gasteiger partial charge in [0.1, 0.15) is 0 Å². The predicted molar refractivity (Wildman–Crippen MR) is 153 cm³/mol. The zero-order chi connectivity index (χ0) is 24.2. The summed E-state index contributed by atoms with van der Waals surface area (Å²) in [5.74, 6) is 12.8. The van der Waals surface area contributed by atoms with Crippen LogP contribution in [0.3, 0.4) is 0 Å². The van der Waals surface area contributed by atoms with Crippen molar-refractivity contribution in [3.05, 3.63) is 145 Å². The predicted octanol–water partition coefficient (Wildman–Crippen LogP) is 8.73. The second-order valence-corrected chi connectivity index (χ2v) is 8.72. The van der Waals surface area contributed by atoms with Crippen LogP contribution in [0.4, 0.5) is 0 Å². The molecule has 0 aliphatic heterocycles. The Morgan fingerprint density at radius 1 is 0.333 bits per heavy atom. The van der Waals surface area contributed by atoms with Gasteiger partial charge >= 0.3 is 0 Å². The highest BCUT2D eigenvalue weighted by Gasteiger charge is 2.05. The normalized spacial score (nSPS) is 10.3. The molecule has 0 atom stereocenters. The van der Waals surface area contributed by atoms with Crippen LogP contribution >= 0.6 is 0 Å². The summed E-state index contributed by atoms with van der Waals surface area (Å²) >= 11 is 0. The molecule has 0 nitrogen and oxygen atoms in total. The highest BCUT2D eigenvalue weighted by atomic mass is 14.1. The Labute approximate surface area is 211 Å². The van der Waals surface area contributed by atoms with Crippen molar-refractivity contribution in [1.82, 2.24) is 0 Å². The van der Waals surface area contributed by atoms with Gasteiger partial charge in [-0.2, -0.15) is 0 Å². The molecule has 0 unspecified atom stereocenters. The molecule has 6 aromatic rings. The van der Waals surface area contributed by atoms with Crippen molar-refractivity contribution < 1.29 is 0 Å². The lowest BCUT2D eigenvalue weighted by atomic mass is 9.97. The third-order valence-corrected chi connectivity index (χ3v) is 6.43. The molecule has 0 heterocycles. The molecule has 0 fully saturated rings. The summed E-state index contributed by atoms with van der Waals surface area (Å²) in [6, 6.07) is 46.5. The monoisotopic (exact) mass is 454 g/mol. The Hall–Kier alpha value is -5.04. The van der Waals surface area contributed by atoms with Crippen molar-refractivity contribution in [2.45, 2.75) is 0 Å². The second-order valence-electron chi connectivity index (χ2n) is 8.72. The Morgan fingerprint density at radius 3 is 1.19 bits per heavy atom. The van der Waals surface area contributed by atoms with E-state index in [2.05, 4.69) is 145 Å². The van der Waals surface area contributed by atoms with Gasteiger partial charge in [0.2, 0.25) is 0 Å². The molecule has 6 rings (SSSR count). The Morgan fingerprint density at radius 2 is 0.722 bits per heavy atom. The maximum atomic E-state index is 3.29. The fraction of sp³-hybridized carbons (Fsp3) is 0. The molecule has 0 amide bonds. The van der Waals surface area contributed by atoms with Gasteiger partial charge in [-0.05, 0) is 79.9 Å². The van der Waals surface area contributed by atoms with Crippen molar-refractivity contribution in [3.63, 3.8) is 0 Å². The zero-order valence-corrected chi connectivity index (χ0v) is 19.7. The lowest BCUT2D eigenvalue weighted by molar-refractivity contribution is 1.60. The van der Waals surface area contributed by atoms with Gasteiger partial charge in [0.15, 0.2) is 0 Å². The number of benzene rings is 6. The van der Waals surface area contributed by atoms with Crippen LogP contribution in [-0.4, -0.2) is 0 Å². The molecule has 6 aromatic carbocycles. The van der Waals surface area contributed by atoms with Gasteiger partial charge in [0, 0.05) is 11.1 Å². The van der Waals surface area contributed by atoms with Crippen LogP contribution < -0.4 is 0 Å². The average Bonchev–Trinajstić information content (AvgIpc) is 2.95. The summed E-state index contributed by atoms with van der Waals surface area (Å²) in [6.45, 7) is 0. The quantitative estimate of drug-likeness (QED) is 0.229. The summed E-state index contributed by atoms with van der Waals surface area (Å²) in [5.41, 5.74) is 6.51. The molecule has 0 aliphatic carbocycles. The molecule has 0 saturated carbocycles. The van der Waals surface area contributed by atoms with Crippen LogP contribution in [0.1, 0.15) is 11.1 Å². The van der Waals surface area contributed by atoms with Gasteiger partial charge in [-0.1, -0.05) is 121 Å². The largest absolute Gasteiger partial charge is 0.0616 e. The molecule has 166 valence electrons. The lowest BCUT2D eigenvalue weighted by Crippen LogP contribution is -1.85. The SMILES string of the molecule is C(C#Cc1ccccc1-c1ccc2ccccc2c1)#Cc1ccccc1-c1ccc2ccccc2c1. The van der Waals surface area contributed by atoms with E-state index in [-0.39, 0.29) is 0 Å². The topological polar surface area (TPSA) is 0 Å². The van der Waals surface area contributed by atoms with E-state index in [1.54, 1.807) is 0 Å². The van der Waals surface area contributed by atoms with E-state index in [0.717, 1.165) is 33.4 Å². The van der Waals surface area contributed by atoms with Crippen LogP contribution in [0, 0.1) is 23.7 Å². The number of rotatable bonds is 2. The first-order valence-electron chi connectivity index (χ1n) is 12.0.